The number of rotatable bonds is 9. The molecular weight excluding hydrogens is 414 g/mol. The van der Waals surface area contributed by atoms with Crippen molar-refractivity contribution in [2.75, 3.05) is 31.8 Å². The number of nitrogens with two attached hydrogens (primary N) is 1. The van der Waals surface area contributed by atoms with E-state index < -0.39 is 0 Å². The lowest BCUT2D eigenvalue weighted by Crippen LogP contribution is -2.22. The number of hydrogen-bond acceptors (Lipinski definition) is 4. The smallest absolute Gasteiger partial charge is 0.193 e. The topological polar surface area (TPSA) is 68.9 Å². The fourth-order valence-electron chi connectivity index (χ4n) is 2.26. The van der Waals surface area contributed by atoms with Crippen LogP contribution in [0.25, 0.3) is 0 Å². The highest BCUT2D eigenvalue weighted by molar-refractivity contribution is 9.10. The quantitative estimate of drug-likeness (QED) is 0.256. The molecule has 2 aromatic carbocycles. The number of nitrogens with zero attached hydrogens (tertiary/aromatic N) is 1. The third-order valence-corrected chi connectivity index (χ3v) is 5.70. The second-order valence-corrected chi connectivity index (χ2v) is 7.44. The van der Waals surface area contributed by atoms with Crippen molar-refractivity contribution < 1.29 is 9.47 Å². The van der Waals surface area contributed by atoms with Crippen LogP contribution in [-0.2, 0) is 0 Å². The van der Waals surface area contributed by atoms with Gasteiger partial charge in [-0.25, -0.2) is 0 Å². The number of nitrogens with one attached hydrogen (secondary N) is 1. The minimum Gasteiger partial charge on any atom is -0.493 e. The van der Waals surface area contributed by atoms with Crippen molar-refractivity contribution in [3.63, 3.8) is 0 Å². The zero-order chi connectivity index (χ0) is 18.8. The first-order valence-electron chi connectivity index (χ1n) is 8.30. The number of thioether (sulfide) groups is 1. The van der Waals surface area contributed by atoms with E-state index in [0.29, 0.717) is 24.0 Å². The number of hydrogen-bond donors (Lipinski definition) is 2. The molecule has 0 unspecified atom stereocenters. The molecule has 0 bridgehead atoms. The zero-order valence-electron chi connectivity index (χ0n) is 15.0. The van der Waals surface area contributed by atoms with Gasteiger partial charge in [0.1, 0.15) is 0 Å². The number of halogens is 1. The van der Waals surface area contributed by atoms with Crippen molar-refractivity contribution in [1.29, 1.82) is 0 Å². The third kappa shape index (κ3) is 6.46. The Morgan fingerprint density at radius 3 is 2.62 bits per heavy atom. The average molecular weight is 438 g/mol. The first kappa shape index (κ1) is 20.5. The van der Waals surface area contributed by atoms with E-state index in [4.69, 9.17) is 15.2 Å². The molecule has 140 valence electrons. The molecule has 5 nitrogen and oxygen atoms in total. The van der Waals surface area contributed by atoms with Gasteiger partial charge in [0.05, 0.1) is 14.2 Å². The summed E-state index contributed by atoms with van der Waals surface area (Å²) in [6.07, 6.45) is 2.07. The molecule has 0 aliphatic heterocycles. The van der Waals surface area contributed by atoms with Crippen LogP contribution in [0.1, 0.15) is 12.8 Å². The largest absolute Gasteiger partial charge is 0.493 e. The summed E-state index contributed by atoms with van der Waals surface area (Å²) in [5, 5.41) is 3.07. The molecule has 0 aliphatic rings. The summed E-state index contributed by atoms with van der Waals surface area (Å²) in [4.78, 5) is 5.64. The molecule has 0 heterocycles. The zero-order valence-corrected chi connectivity index (χ0v) is 17.4. The van der Waals surface area contributed by atoms with Crippen molar-refractivity contribution >= 4 is 39.3 Å². The van der Waals surface area contributed by atoms with Crippen molar-refractivity contribution in [2.45, 2.75) is 17.7 Å². The number of unbranched alkanes of at least 4 members (excludes halogenated alkanes) is 1. The maximum Gasteiger partial charge on any atom is 0.193 e. The summed E-state index contributed by atoms with van der Waals surface area (Å²) in [6.45, 7) is 0.697. The summed E-state index contributed by atoms with van der Waals surface area (Å²) in [6, 6.07) is 13.8. The molecule has 0 radical (unpaired) electrons. The van der Waals surface area contributed by atoms with E-state index >= 15 is 0 Å². The highest BCUT2D eigenvalue weighted by Crippen LogP contribution is 2.29. The lowest BCUT2D eigenvalue weighted by molar-refractivity contribution is 0.355. The maximum atomic E-state index is 5.95. The monoisotopic (exact) mass is 437 g/mol. The van der Waals surface area contributed by atoms with Crippen molar-refractivity contribution in [2.24, 2.45) is 10.7 Å². The molecule has 0 amide bonds. The molecule has 26 heavy (non-hydrogen) atoms. The Hall–Kier alpha value is -1.86. The Morgan fingerprint density at radius 2 is 1.88 bits per heavy atom. The third-order valence-electron chi connectivity index (χ3n) is 3.58. The van der Waals surface area contributed by atoms with Gasteiger partial charge in [-0.3, -0.25) is 4.99 Å². The SMILES string of the molecule is COc1ccc(NC(N)=NCCCCSc2ccccc2Br)cc1OC. The first-order valence-corrected chi connectivity index (χ1v) is 10.1. The molecule has 0 aliphatic carbocycles. The van der Waals surface area contributed by atoms with Gasteiger partial charge in [0.15, 0.2) is 17.5 Å². The Bertz CT molecular complexity index is 740. The standard InChI is InChI=1S/C19H24BrN3O2S/c1-24-16-10-9-14(13-17(16)25-2)23-19(21)22-11-5-6-12-26-18-8-4-3-7-15(18)20/h3-4,7-10,13H,5-6,11-12H2,1-2H3,(H3,21,22,23). The van der Waals surface area contributed by atoms with Crippen LogP contribution in [-0.4, -0.2) is 32.5 Å². The lowest BCUT2D eigenvalue weighted by atomic mass is 10.3. The van der Waals surface area contributed by atoms with Gasteiger partial charge in [-0.05, 0) is 58.8 Å². The highest BCUT2D eigenvalue weighted by atomic mass is 79.9. The molecule has 3 N–H and O–H groups in total. The van der Waals surface area contributed by atoms with E-state index in [-0.39, 0.29) is 0 Å². The summed E-state index contributed by atoms with van der Waals surface area (Å²) in [7, 11) is 3.21. The van der Waals surface area contributed by atoms with Gasteiger partial charge in [0, 0.05) is 27.7 Å². The van der Waals surface area contributed by atoms with Crippen LogP contribution in [0.15, 0.2) is 56.8 Å². The van der Waals surface area contributed by atoms with E-state index in [0.717, 1.165) is 28.8 Å². The first-order chi connectivity index (χ1) is 12.6. The van der Waals surface area contributed by atoms with Gasteiger partial charge in [0.2, 0.25) is 0 Å². The van der Waals surface area contributed by atoms with Crippen molar-refractivity contribution in [3.8, 4) is 11.5 Å². The Balaban J connectivity index is 1.72. The predicted octanol–water partition coefficient (Wildman–Crippen LogP) is 4.77. The fourth-order valence-corrected chi connectivity index (χ4v) is 3.84. The van der Waals surface area contributed by atoms with E-state index in [9.17, 15) is 0 Å². The minimum absolute atomic E-state index is 0.399. The summed E-state index contributed by atoms with van der Waals surface area (Å²) < 4.78 is 11.6. The molecule has 0 fully saturated rings. The molecule has 2 aromatic rings. The van der Waals surface area contributed by atoms with Crippen LogP contribution in [0.4, 0.5) is 5.69 Å². The lowest BCUT2D eigenvalue weighted by Gasteiger charge is -2.11. The van der Waals surface area contributed by atoms with E-state index in [2.05, 4.69) is 44.4 Å². The molecule has 7 heteroatoms. The number of aliphatic imine (C=N–C) groups is 1. The van der Waals surface area contributed by atoms with Gasteiger partial charge in [-0.2, -0.15) is 0 Å². The number of guanidine groups is 1. The maximum absolute atomic E-state index is 5.95. The van der Waals surface area contributed by atoms with Crippen LogP contribution < -0.4 is 20.5 Å². The van der Waals surface area contributed by atoms with E-state index in [1.165, 1.54) is 4.90 Å². The van der Waals surface area contributed by atoms with E-state index in [1.54, 1.807) is 14.2 Å². The van der Waals surface area contributed by atoms with Gasteiger partial charge in [0.25, 0.3) is 0 Å². The van der Waals surface area contributed by atoms with Crippen LogP contribution >= 0.6 is 27.7 Å². The van der Waals surface area contributed by atoms with Crippen LogP contribution in [0.3, 0.4) is 0 Å². The van der Waals surface area contributed by atoms with Gasteiger partial charge < -0.3 is 20.5 Å². The minimum atomic E-state index is 0.399. The van der Waals surface area contributed by atoms with Gasteiger partial charge >= 0.3 is 0 Å². The summed E-state index contributed by atoms with van der Waals surface area (Å²) >= 11 is 5.41. The van der Waals surface area contributed by atoms with Gasteiger partial charge in [-0.1, -0.05) is 12.1 Å². The Kier molecular flexibility index (Phi) is 8.64. The predicted molar refractivity (Wildman–Crippen MR) is 114 cm³/mol. The summed E-state index contributed by atoms with van der Waals surface area (Å²) in [5.41, 5.74) is 6.76. The normalized spacial score (nSPS) is 11.3. The molecule has 0 saturated heterocycles. The number of anilines is 1. The van der Waals surface area contributed by atoms with Crippen LogP contribution in [0, 0.1) is 0 Å². The molecule has 2 rings (SSSR count). The van der Waals surface area contributed by atoms with E-state index in [1.807, 2.05) is 36.0 Å². The van der Waals surface area contributed by atoms with Crippen molar-refractivity contribution in [3.05, 3.63) is 46.9 Å². The number of methoxy groups -OCH3 is 2. The fraction of sp³-hybridized carbons (Fsp3) is 0.316. The highest BCUT2D eigenvalue weighted by Gasteiger charge is 2.05. The number of benzene rings is 2. The molecular formula is C19H24BrN3O2S. The Morgan fingerprint density at radius 1 is 1.12 bits per heavy atom. The summed E-state index contributed by atoms with van der Waals surface area (Å²) in [5.74, 6) is 2.78. The van der Waals surface area contributed by atoms with Crippen molar-refractivity contribution in [1.82, 2.24) is 0 Å². The molecule has 0 aromatic heterocycles. The average Bonchev–Trinajstić information content (AvgIpc) is 2.65. The molecule has 0 spiro atoms. The second kappa shape index (κ2) is 11.0. The van der Waals surface area contributed by atoms with Crippen LogP contribution in [0.2, 0.25) is 0 Å². The second-order valence-electron chi connectivity index (χ2n) is 5.45. The molecule has 0 saturated carbocycles. The molecule has 0 atom stereocenters. The van der Waals surface area contributed by atoms with Crippen LogP contribution in [0.5, 0.6) is 11.5 Å². The Labute approximate surface area is 167 Å². The van der Waals surface area contributed by atoms with Gasteiger partial charge in [-0.15, -0.1) is 11.8 Å². The number of ether oxygens (including phenoxy) is 2.